The molecule has 5 heteroatoms. The van der Waals surface area contributed by atoms with Gasteiger partial charge in [-0.3, -0.25) is 0 Å². The summed E-state index contributed by atoms with van der Waals surface area (Å²) in [7, 11) is 0. The van der Waals surface area contributed by atoms with Gasteiger partial charge in [-0.2, -0.15) is 0 Å². The Hall–Kier alpha value is -2.82. The van der Waals surface area contributed by atoms with Crippen LogP contribution in [0.5, 0.6) is 0 Å². The Balaban J connectivity index is 2.34. The molecule has 26 heavy (non-hydrogen) atoms. The molecule has 0 radical (unpaired) electrons. The maximum absolute atomic E-state index is 14.9. The van der Waals surface area contributed by atoms with Crippen molar-refractivity contribution in [2.45, 2.75) is 20.8 Å². The van der Waals surface area contributed by atoms with Crippen LogP contribution in [-0.2, 0) is 0 Å². The van der Waals surface area contributed by atoms with Crippen LogP contribution in [0.25, 0.3) is 27.5 Å². The lowest BCUT2D eigenvalue weighted by molar-refractivity contribution is 0.509. The van der Waals surface area contributed by atoms with Gasteiger partial charge < -0.3 is 4.57 Å². The number of fused-ring (bicyclic) bond motifs is 3. The van der Waals surface area contributed by atoms with Crippen molar-refractivity contribution in [2.24, 2.45) is 0 Å². The fourth-order valence-electron chi connectivity index (χ4n) is 3.42. The number of halogens is 4. The number of aryl methyl sites for hydroxylation is 3. The number of rotatable bonds is 1. The zero-order chi connectivity index (χ0) is 18.7. The first kappa shape index (κ1) is 16.6. The van der Waals surface area contributed by atoms with Crippen LogP contribution in [0, 0.1) is 44.0 Å². The fourth-order valence-corrected chi connectivity index (χ4v) is 3.42. The molecule has 1 aromatic heterocycles. The van der Waals surface area contributed by atoms with Gasteiger partial charge in [0.1, 0.15) is 11.6 Å². The summed E-state index contributed by atoms with van der Waals surface area (Å²) in [6, 6.07) is 9.33. The molecule has 1 nitrogen and oxygen atoms in total. The number of benzene rings is 3. The zero-order valence-corrected chi connectivity index (χ0v) is 14.4. The fraction of sp³-hybridized carbons (Fsp3) is 0.143. The van der Waals surface area contributed by atoms with E-state index >= 15 is 0 Å². The van der Waals surface area contributed by atoms with Gasteiger partial charge in [0.25, 0.3) is 0 Å². The molecule has 0 spiro atoms. The van der Waals surface area contributed by atoms with Gasteiger partial charge in [0.2, 0.25) is 0 Å². The molecule has 0 amide bonds. The van der Waals surface area contributed by atoms with Gasteiger partial charge in [-0.15, -0.1) is 0 Å². The summed E-state index contributed by atoms with van der Waals surface area (Å²) in [5, 5.41) is 0.108. The topological polar surface area (TPSA) is 4.93 Å². The molecule has 0 N–H and O–H groups in total. The van der Waals surface area contributed by atoms with Crippen molar-refractivity contribution in [1.29, 1.82) is 0 Å². The standard InChI is InChI=1S/C21H15F4N/c1-10-4-6-13(7-5-10)26-20-14(8-11(2)18(24)19(20)25)16-17(23)12(3)9-15(22)21(16)26/h4-9H,1-3H3. The average molecular weight is 357 g/mol. The average Bonchev–Trinajstić information content (AvgIpc) is 2.94. The summed E-state index contributed by atoms with van der Waals surface area (Å²) in [6.07, 6.45) is 0. The van der Waals surface area contributed by atoms with Crippen LogP contribution >= 0.6 is 0 Å². The Bertz CT molecular complexity index is 1190. The van der Waals surface area contributed by atoms with Crippen LogP contribution in [0.4, 0.5) is 17.6 Å². The van der Waals surface area contributed by atoms with Crippen molar-refractivity contribution in [3.05, 3.63) is 76.4 Å². The first-order valence-corrected chi connectivity index (χ1v) is 8.15. The molecular formula is C21H15F4N. The highest BCUT2D eigenvalue weighted by Gasteiger charge is 2.25. The van der Waals surface area contributed by atoms with E-state index in [4.69, 9.17) is 0 Å². The second kappa shape index (κ2) is 5.59. The normalized spacial score (nSPS) is 11.7. The monoisotopic (exact) mass is 357 g/mol. The highest BCUT2D eigenvalue weighted by Crippen LogP contribution is 2.39. The summed E-state index contributed by atoms with van der Waals surface area (Å²) < 4.78 is 60.0. The summed E-state index contributed by atoms with van der Waals surface area (Å²) in [5.41, 5.74) is 1.27. The van der Waals surface area contributed by atoms with Crippen LogP contribution in [0.2, 0.25) is 0 Å². The van der Waals surface area contributed by atoms with E-state index in [1.807, 2.05) is 6.92 Å². The van der Waals surface area contributed by atoms with E-state index in [0.29, 0.717) is 5.69 Å². The van der Waals surface area contributed by atoms with Gasteiger partial charge in [-0.25, -0.2) is 17.6 Å². The summed E-state index contributed by atoms with van der Waals surface area (Å²) >= 11 is 0. The maximum atomic E-state index is 14.9. The molecule has 132 valence electrons. The predicted molar refractivity (Wildman–Crippen MR) is 94.8 cm³/mol. The molecule has 0 aliphatic carbocycles. The van der Waals surface area contributed by atoms with Crippen molar-refractivity contribution in [2.75, 3.05) is 0 Å². The minimum atomic E-state index is -1.12. The van der Waals surface area contributed by atoms with Crippen LogP contribution in [0.3, 0.4) is 0 Å². The summed E-state index contributed by atoms with van der Waals surface area (Å²) in [6.45, 7) is 4.72. The smallest absolute Gasteiger partial charge is 0.183 e. The molecule has 4 rings (SSSR count). The first-order valence-electron chi connectivity index (χ1n) is 8.15. The third kappa shape index (κ3) is 2.16. The van der Waals surface area contributed by atoms with Crippen LogP contribution in [-0.4, -0.2) is 4.57 Å². The second-order valence-electron chi connectivity index (χ2n) is 6.60. The predicted octanol–water partition coefficient (Wildman–Crippen LogP) is 6.27. The second-order valence-corrected chi connectivity index (χ2v) is 6.60. The molecule has 3 aromatic carbocycles. The van der Waals surface area contributed by atoms with Gasteiger partial charge in [-0.05, 0) is 56.2 Å². The number of aromatic nitrogens is 1. The van der Waals surface area contributed by atoms with E-state index in [9.17, 15) is 17.6 Å². The van der Waals surface area contributed by atoms with E-state index in [1.165, 1.54) is 24.5 Å². The first-order chi connectivity index (χ1) is 12.3. The molecule has 4 aromatic rings. The third-order valence-electron chi connectivity index (χ3n) is 4.74. The Kier molecular flexibility index (Phi) is 3.58. The Morgan fingerprint density at radius 2 is 1.31 bits per heavy atom. The summed E-state index contributed by atoms with van der Waals surface area (Å²) in [4.78, 5) is 0. The van der Waals surface area contributed by atoms with E-state index in [-0.39, 0.29) is 32.9 Å². The molecule has 0 atom stereocenters. The Morgan fingerprint density at radius 3 is 1.96 bits per heavy atom. The highest BCUT2D eigenvalue weighted by atomic mass is 19.2. The quantitative estimate of drug-likeness (QED) is 0.354. The summed E-state index contributed by atoms with van der Waals surface area (Å²) in [5.74, 6) is -3.46. The zero-order valence-electron chi connectivity index (χ0n) is 14.4. The lowest BCUT2D eigenvalue weighted by Crippen LogP contribution is -2.00. The molecule has 0 aliphatic rings. The van der Waals surface area contributed by atoms with Gasteiger partial charge in [0.05, 0.1) is 11.0 Å². The minimum absolute atomic E-state index is 0.0410. The number of hydrogen-bond acceptors (Lipinski definition) is 0. The van der Waals surface area contributed by atoms with Crippen molar-refractivity contribution in [3.63, 3.8) is 0 Å². The van der Waals surface area contributed by atoms with Gasteiger partial charge in [-0.1, -0.05) is 17.7 Å². The van der Waals surface area contributed by atoms with Crippen molar-refractivity contribution in [1.82, 2.24) is 4.57 Å². The SMILES string of the molecule is Cc1ccc(-n2c3c(F)c(F)c(C)cc3c3c(F)c(C)cc(F)c32)cc1. The van der Waals surface area contributed by atoms with E-state index in [0.717, 1.165) is 11.6 Å². The lowest BCUT2D eigenvalue weighted by Gasteiger charge is -2.10. The molecule has 0 saturated carbocycles. The number of hydrogen-bond donors (Lipinski definition) is 0. The van der Waals surface area contributed by atoms with E-state index < -0.39 is 23.3 Å². The highest BCUT2D eigenvalue weighted by molar-refractivity contribution is 6.10. The molecular weight excluding hydrogens is 342 g/mol. The lowest BCUT2D eigenvalue weighted by atomic mass is 10.1. The Labute approximate surface area is 147 Å². The largest absolute Gasteiger partial charge is 0.304 e. The molecule has 0 bridgehead atoms. The molecule has 1 heterocycles. The van der Waals surface area contributed by atoms with Crippen LogP contribution in [0.1, 0.15) is 16.7 Å². The third-order valence-corrected chi connectivity index (χ3v) is 4.74. The van der Waals surface area contributed by atoms with Gasteiger partial charge in [0.15, 0.2) is 11.6 Å². The van der Waals surface area contributed by atoms with Crippen molar-refractivity contribution >= 4 is 21.8 Å². The van der Waals surface area contributed by atoms with E-state index in [1.54, 1.807) is 24.3 Å². The molecule has 0 saturated heterocycles. The van der Waals surface area contributed by atoms with Crippen LogP contribution < -0.4 is 0 Å². The Morgan fingerprint density at radius 1 is 0.692 bits per heavy atom. The molecule has 0 fully saturated rings. The van der Waals surface area contributed by atoms with Crippen molar-refractivity contribution < 1.29 is 17.6 Å². The minimum Gasteiger partial charge on any atom is -0.304 e. The molecule has 0 unspecified atom stereocenters. The van der Waals surface area contributed by atoms with Gasteiger partial charge >= 0.3 is 0 Å². The van der Waals surface area contributed by atoms with Gasteiger partial charge in [0, 0.05) is 16.5 Å². The molecule has 0 aliphatic heterocycles. The number of nitrogens with zero attached hydrogens (tertiary/aromatic N) is 1. The van der Waals surface area contributed by atoms with E-state index in [2.05, 4.69) is 0 Å². The maximum Gasteiger partial charge on any atom is 0.183 e. The van der Waals surface area contributed by atoms with Crippen molar-refractivity contribution in [3.8, 4) is 5.69 Å². The van der Waals surface area contributed by atoms with Crippen LogP contribution in [0.15, 0.2) is 36.4 Å².